The summed E-state index contributed by atoms with van der Waals surface area (Å²) in [6.07, 6.45) is 5.62. The maximum Gasteiger partial charge on any atom is 0.00507 e. The number of unbranched alkanes of at least 4 members (excludes halogenated alkanes) is 1. The third-order valence-corrected chi connectivity index (χ3v) is 1.94. The normalized spacial score (nSPS) is 10.3. The first-order valence-electron chi connectivity index (χ1n) is 3.91. The Morgan fingerprint density at radius 3 is 2.70 bits per heavy atom. The van der Waals surface area contributed by atoms with Gasteiger partial charge in [-0.05, 0) is 12.8 Å². The predicted octanol–water partition coefficient (Wildman–Crippen LogP) is 2.45. The van der Waals surface area contributed by atoms with Crippen LogP contribution in [0.1, 0.15) is 26.2 Å². The standard InChI is InChI=1S/C8H18NP/c1-3-5-7-9(10)8-6-4-2/h3H,1,4-8,10H2,2H3. The van der Waals surface area contributed by atoms with Gasteiger partial charge in [0.25, 0.3) is 0 Å². The number of rotatable bonds is 6. The van der Waals surface area contributed by atoms with E-state index in [1.807, 2.05) is 6.08 Å². The zero-order valence-electron chi connectivity index (χ0n) is 6.84. The lowest BCUT2D eigenvalue weighted by Gasteiger charge is -2.13. The SMILES string of the molecule is C=CCCN(P)CCCC. The summed E-state index contributed by atoms with van der Waals surface area (Å²) in [5, 5.41) is 0. The fourth-order valence-corrected chi connectivity index (χ4v) is 1.06. The van der Waals surface area contributed by atoms with Crippen LogP contribution in [0.5, 0.6) is 0 Å². The minimum atomic E-state index is 1.09. The molecule has 60 valence electrons. The molecule has 0 heterocycles. The second-order valence-corrected chi connectivity index (χ2v) is 3.20. The molecule has 0 aliphatic carbocycles. The molecule has 1 atom stereocenters. The van der Waals surface area contributed by atoms with E-state index in [0.29, 0.717) is 0 Å². The molecular formula is C8H18NP. The summed E-state index contributed by atoms with van der Waals surface area (Å²) in [4.78, 5) is 0. The van der Waals surface area contributed by atoms with Crippen LogP contribution in [0.25, 0.3) is 0 Å². The first-order chi connectivity index (χ1) is 4.81. The van der Waals surface area contributed by atoms with E-state index in [-0.39, 0.29) is 0 Å². The molecule has 0 amide bonds. The highest BCUT2D eigenvalue weighted by Gasteiger charge is 1.93. The van der Waals surface area contributed by atoms with Crippen LogP contribution in [0.4, 0.5) is 0 Å². The van der Waals surface area contributed by atoms with E-state index >= 15 is 0 Å². The first kappa shape index (κ1) is 10.1. The van der Waals surface area contributed by atoms with Gasteiger partial charge in [0.2, 0.25) is 0 Å². The van der Waals surface area contributed by atoms with Gasteiger partial charge in [-0.25, -0.2) is 0 Å². The van der Waals surface area contributed by atoms with Crippen molar-refractivity contribution in [2.45, 2.75) is 26.2 Å². The van der Waals surface area contributed by atoms with Crippen molar-refractivity contribution in [3.8, 4) is 0 Å². The third-order valence-electron chi connectivity index (χ3n) is 1.42. The van der Waals surface area contributed by atoms with E-state index < -0.39 is 0 Å². The van der Waals surface area contributed by atoms with Gasteiger partial charge < -0.3 is 0 Å². The van der Waals surface area contributed by atoms with E-state index in [9.17, 15) is 0 Å². The van der Waals surface area contributed by atoms with Crippen LogP contribution in [0.15, 0.2) is 12.7 Å². The highest BCUT2D eigenvalue weighted by atomic mass is 31.0. The van der Waals surface area contributed by atoms with Crippen LogP contribution in [-0.2, 0) is 0 Å². The number of hydrogen-bond donors (Lipinski definition) is 0. The summed E-state index contributed by atoms with van der Waals surface area (Å²) in [6, 6.07) is 0. The number of hydrogen-bond acceptors (Lipinski definition) is 1. The molecule has 0 N–H and O–H groups in total. The van der Waals surface area contributed by atoms with Gasteiger partial charge in [0.1, 0.15) is 0 Å². The largest absolute Gasteiger partial charge is 0.287 e. The summed E-state index contributed by atoms with van der Waals surface area (Å²) in [7, 11) is 2.74. The summed E-state index contributed by atoms with van der Waals surface area (Å²) in [6.45, 7) is 8.20. The third kappa shape index (κ3) is 6.25. The maximum absolute atomic E-state index is 3.68. The zero-order valence-corrected chi connectivity index (χ0v) is 8.00. The average molecular weight is 159 g/mol. The van der Waals surface area contributed by atoms with E-state index in [1.54, 1.807) is 0 Å². The summed E-state index contributed by atoms with van der Waals surface area (Å²) >= 11 is 0. The Morgan fingerprint density at radius 2 is 2.20 bits per heavy atom. The van der Waals surface area contributed by atoms with E-state index in [0.717, 1.165) is 13.0 Å². The lowest BCUT2D eigenvalue weighted by molar-refractivity contribution is 0.463. The van der Waals surface area contributed by atoms with Gasteiger partial charge >= 0.3 is 0 Å². The Bertz CT molecular complexity index is 83.3. The average Bonchev–Trinajstić information content (AvgIpc) is 1.97. The van der Waals surface area contributed by atoms with Gasteiger partial charge in [-0.3, -0.25) is 4.67 Å². The fraction of sp³-hybridized carbons (Fsp3) is 0.750. The molecule has 0 bridgehead atoms. The van der Waals surface area contributed by atoms with Crippen LogP contribution in [0.2, 0.25) is 0 Å². The van der Waals surface area contributed by atoms with Crippen molar-refractivity contribution in [2.75, 3.05) is 13.1 Å². The Kier molecular flexibility index (Phi) is 7.33. The van der Waals surface area contributed by atoms with Crippen LogP contribution in [0, 0.1) is 0 Å². The fourth-order valence-electron chi connectivity index (χ4n) is 0.730. The van der Waals surface area contributed by atoms with Gasteiger partial charge in [-0.15, -0.1) is 6.58 Å². The molecule has 0 aromatic carbocycles. The highest BCUT2D eigenvalue weighted by molar-refractivity contribution is 7.13. The predicted molar refractivity (Wildman–Crippen MR) is 51.0 cm³/mol. The van der Waals surface area contributed by atoms with Crippen molar-refractivity contribution < 1.29 is 0 Å². The molecule has 0 aromatic rings. The van der Waals surface area contributed by atoms with E-state index in [2.05, 4.69) is 27.6 Å². The molecule has 2 heteroatoms. The van der Waals surface area contributed by atoms with Crippen molar-refractivity contribution in [1.82, 2.24) is 4.67 Å². The molecule has 0 fully saturated rings. The Hall–Kier alpha value is 0.130. The second-order valence-electron chi connectivity index (χ2n) is 2.47. The van der Waals surface area contributed by atoms with Gasteiger partial charge in [0.15, 0.2) is 0 Å². The number of nitrogens with zero attached hydrogens (tertiary/aromatic N) is 1. The highest BCUT2D eigenvalue weighted by Crippen LogP contribution is 2.02. The topological polar surface area (TPSA) is 3.24 Å². The Labute approximate surface area is 66.8 Å². The molecule has 0 rings (SSSR count). The van der Waals surface area contributed by atoms with Gasteiger partial charge in [-0.1, -0.05) is 28.8 Å². The molecule has 0 saturated carbocycles. The molecule has 0 radical (unpaired) electrons. The van der Waals surface area contributed by atoms with Crippen LogP contribution in [-0.4, -0.2) is 17.8 Å². The van der Waals surface area contributed by atoms with Crippen LogP contribution in [0.3, 0.4) is 0 Å². The summed E-state index contributed by atoms with van der Waals surface area (Å²) < 4.78 is 2.27. The molecule has 1 unspecified atom stereocenters. The van der Waals surface area contributed by atoms with Gasteiger partial charge in [0, 0.05) is 13.1 Å². The van der Waals surface area contributed by atoms with Crippen molar-refractivity contribution >= 4 is 9.39 Å². The first-order valence-corrected chi connectivity index (χ1v) is 4.43. The molecule has 0 saturated heterocycles. The van der Waals surface area contributed by atoms with E-state index in [4.69, 9.17) is 0 Å². The van der Waals surface area contributed by atoms with Crippen molar-refractivity contribution in [3.63, 3.8) is 0 Å². The van der Waals surface area contributed by atoms with Crippen molar-refractivity contribution in [1.29, 1.82) is 0 Å². The van der Waals surface area contributed by atoms with Crippen molar-refractivity contribution in [2.24, 2.45) is 0 Å². The molecule has 0 aliphatic heterocycles. The molecular weight excluding hydrogens is 141 g/mol. The maximum atomic E-state index is 3.68. The molecule has 1 nitrogen and oxygen atoms in total. The lowest BCUT2D eigenvalue weighted by atomic mass is 10.3. The van der Waals surface area contributed by atoms with E-state index in [1.165, 1.54) is 19.4 Å². The monoisotopic (exact) mass is 159 g/mol. The summed E-state index contributed by atoms with van der Waals surface area (Å²) in [5.41, 5.74) is 0. The molecule has 0 spiro atoms. The lowest BCUT2D eigenvalue weighted by Crippen LogP contribution is -2.13. The smallest absolute Gasteiger partial charge is 0.00507 e. The minimum Gasteiger partial charge on any atom is -0.287 e. The Morgan fingerprint density at radius 1 is 1.50 bits per heavy atom. The quantitative estimate of drug-likeness (QED) is 0.425. The molecule has 10 heavy (non-hydrogen) atoms. The van der Waals surface area contributed by atoms with Crippen LogP contribution < -0.4 is 0 Å². The van der Waals surface area contributed by atoms with Gasteiger partial charge in [0.05, 0.1) is 0 Å². The summed E-state index contributed by atoms with van der Waals surface area (Å²) in [5.74, 6) is 0. The second kappa shape index (κ2) is 7.24. The molecule has 0 aromatic heterocycles. The van der Waals surface area contributed by atoms with Crippen molar-refractivity contribution in [3.05, 3.63) is 12.7 Å². The zero-order chi connectivity index (χ0) is 7.82. The Balaban J connectivity index is 3.07. The van der Waals surface area contributed by atoms with Gasteiger partial charge in [-0.2, -0.15) is 0 Å². The molecule has 0 aliphatic rings. The van der Waals surface area contributed by atoms with Crippen LogP contribution >= 0.6 is 9.39 Å². The minimum absolute atomic E-state index is 1.09.